The molecular weight excluding hydrogens is 369 g/mol. The Balaban J connectivity index is 1.76. The van der Waals surface area contributed by atoms with E-state index in [0.717, 1.165) is 24.2 Å². The molecule has 0 aliphatic carbocycles. The Hall–Kier alpha value is -1.86. The summed E-state index contributed by atoms with van der Waals surface area (Å²) in [6, 6.07) is 6.03. The first-order valence-corrected chi connectivity index (χ1v) is 10.3. The third-order valence-corrected chi connectivity index (χ3v) is 5.49. The molecule has 1 amide bonds. The van der Waals surface area contributed by atoms with Gasteiger partial charge in [-0.3, -0.25) is 9.59 Å². The minimum atomic E-state index is -0.779. The van der Waals surface area contributed by atoms with E-state index in [1.54, 1.807) is 30.0 Å². The fourth-order valence-corrected chi connectivity index (χ4v) is 4.02. The molecule has 27 heavy (non-hydrogen) atoms. The van der Waals surface area contributed by atoms with E-state index in [0.29, 0.717) is 25.1 Å². The highest BCUT2D eigenvalue weighted by atomic mass is 32.2. The molecule has 0 spiro atoms. The molecule has 0 aromatic heterocycles. The van der Waals surface area contributed by atoms with E-state index >= 15 is 0 Å². The van der Waals surface area contributed by atoms with Gasteiger partial charge in [0.15, 0.2) is 0 Å². The van der Waals surface area contributed by atoms with Gasteiger partial charge in [-0.1, -0.05) is 24.3 Å². The van der Waals surface area contributed by atoms with E-state index in [-0.39, 0.29) is 24.2 Å². The number of aliphatic carboxylic acids is 1. The molecule has 0 unspecified atom stereocenters. The van der Waals surface area contributed by atoms with Crippen molar-refractivity contribution in [2.24, 2.45) is 0 Å². The van der Waals surface area contributed by atoms with Crippen molar-refractivity contribution in [1.29, 1.82) is 0 Å². The fourth-order valence-electron chi connectivity index (χ4n) is 2.95. The molecule has 148 valence electrons. The summed E-state index contributed by atoms with van der Waals surface area (Å²) in [7, 11) is 0. The molecule has 2 atom stereocenters. The molecule has 0 radical (unpaired) electrons. The SMILES string of the molecule is O=C(O)CCCCSCN1C(=O)CC[C@@H]1C=C[C@@H](O)Cc1ccc(F)cc1. The van der Waals surface area contributed by atoms with E-state index in [9.17, 15) is 19.1 Å². The van der Waals surface area contributed by atoms with E-state index in [1.807, 2.05) is 11.0 Å². The number of hydrogen-bond donors (Lipinski definition) is 2. The molecule has 2 rings (SSSR count). The quantitative estimate of drug-likeness (QED) is 0.444. The Labute approximate surface area is 163 Å². The number of nitrogens with zero attached hydrogens (tertiary/aromatic N) is 1. The number of unbranched alkanes of at least 4 members (excludes halogenated alkanes) is 1. The maximum absolute atomic E-state index is 12.9. The molecule has 0 bridgehead atoms. The summed E-state index contributed by atoms with van der Waals surface area (Å²) in [5.41, 5.74) is 0.852. The van der Waals surface area contributed by atoms with Gasteiger partial charge in [-0.25, -0.2) is 4.39 Å². The first kappa shape index (κ1) is 21.4. The van der Waals surface area contributed by atoms with Crippen LogP contribution in [0.2, 0.25) is 0 Å². The summed E-state index contributed by atoms with van der Waals surface area (Å²) in [4.78, 5) is 24.4. The van der Waals surface area contributed by atoms with Gasteiger partial charge >= 0.3 is 5.97 Å². The van der Waals surface area contributed by atoms with Crippen molar-refractivity contribution in [2.45, 2.75) is 50.7 Å². The standard InChI is InChI=1S/C20H26FNO4S/c21-16-6-4-15(5-7-16)13-18(23)10-8-17-9-11-19(24)22(17)14-27-12-2-1-3-20(25)26/h4-8,10,17-18,23H,1-3,9,11-14H2,(H,25,26)/t17-,18+/m0/s1. The lowest BCUT2D eigenvalue weighted by Crippen LogP contribution is -2.31. The molecule has 1 heterocycles. The predicted octanol–water partition coefficient (Wildman–Crippen LogP) is 3.22. The number of likely N-dealkylation sites (tertiary alicyclic amines) is 1. The van der Waals surface area contributed by atoms with Gasteiger partial charge in [-0.05, 0) is 42.7 Å². The molecule has 7 heteroatoms. The molecule has 5 nitrogen and oxygen atoms in total. The average molecular weight is 395 g/mol. The highest BCUT2D eigenvalue weighted by molar-refractivity contribution is 7.99. The second-order valence-corrected chi connectivity index (χ2v) is 7.72. The molecule has 1 aliphatic rings. The number of hydrogen-bond acceptors (Lipinski definition) is 4. The molecule has 1 aromatic rings. The number of carbonyl (C=O) groups excluding carboxylic acids is 1. The van der Waals surface area contributed by atoms with Gasteiger partial charge in [0, 0.05) is 19.3 Å². The Morgan fingerprint density at radius 2 is 2.07 bits per heavy atom. The number of rotatable bonds is 11. The van der Waals surface area contributed by atoms with Crippen LogP contribution in [0.5, 0.6) is 0 Å². The first-order chi connectivity index (χ1) is 13.0. The molecular formula is C20H26FNO4S. The van der Waals surface area contributed by atoms with Crippen LogP contribution in [0.4, 0.5) is 4.39 Å². The maximum Gasteiger partial charge on any atom is 0.303 e. The molecule has 1 saturated heterocycles. The predicted molar refractivity (Wildman–Crippen MR) is 104 cm³/mol. The number of amides is 1. The first-order valence-electron chi connectivity index (χ1n) is 9.15. The number of carboxylic acid groups (broad SMARTS) is 1. The topological polar surface area (TPSA) is 77.8 Å². The number of benzene rings is 1. The normalized spacial score (nSPS) is 18.4. The molecule has 1 fully saturated rings. The molecule has 1 aliphatic heterocycles. The largest absolute Gasteiger partial charge is 0.481 e. The highest BCUT2D eigenvalue weighted by Gasteiger charge is 2.28. The van der Waals surface area contributed by atoms with E-state index in [2.05, 4.69) is 0 Å². The second-order valence-electron chi connectivity index (χ2n) is 6.64. The van der Waals surface area contributed by atoms with Crippen LogP contribution < -0.4 is 0 Å². The summed E-state index contributed by atoms with van der Waals surface area (Å²) in [5.74, 6) is 0.425. The van der Waals surface area contributed by atoms with Crippen LogP contribution >= 0.6 is 11.8 Å². The van der Waals surface area contributed by atoms with Crippen molar-refractivity contribution in [3.05, 3.63) is 47.8 Å². The van der Waals surface area contributed by atoms with Crippen molar-refractivity contribution >= 4 is 23.6 Å². The number of carboxylic acids is 1. The number of thioether (sulfide) groups is 1. The summed E-state index contributed by atoms with van der Waals surface area (Å²) < 4.78 is 12.9. The van der Waals surface area contributed by atoms with Gasteiger partial charge in [0.05, 0.1) is 18.0 Å². The van der Waals surface area contributed by atoms with Crippen molar-refractivity contribution < 1.29 is 24.2 Å². The van der Waals surface area contributed by atoms with Gasteiger partial charge < -0.3 is 15.1 Å². The zero-order valence-electron chi connectivity index (χ0n) is 15.2. The fraction of sp³-hybridized carbons (Fsp3) is 0.500. The van der Waals surface area contributed by atoms with E-state index in [4.69, 9.17) is 5.11 Å². The summed E-state index contributed by atoms with van der Waals surface area (Å²) in [5, 5.41) is 18.8. The van der Waals surface area contributed by atoms with Gasteiger partial charge in [0.1, 0.15) is 5.82 Å². The Bertz CT molecular complexity index is 650. The Kier molecular flexibility index (Phi) is 8.81. The number of carbonyl (C=O) groups is 2. The average Bonchev–Trinajstić information content (AvgIpc) is 2.98. The molecule has 1 aromatic carbocycles. The van der Waals surface area contributed by atoms with Crippen LogP contribution in [0.25, 0.3) is 0 Å². The zero-order chi connectivity index (χ0) is 19.6. The van der Waals surface area contributed by atoms with Crippen molar-refractivity contribution in [3.63, 3.8) is 0 Å². The molecule has 0 saturated carbocycles. The Morgan fingerprint density at radius 1 is 1.33 bits per heavy atom. The lowest BCUT2D eigenvalue weighted by molar-refractivity contribution is -0.137. The molecule has 2 N–H and O–H groups in total. The van der Waals surface area contributed by atoms with Crippen LogP contribution in [0.1, 0.15) is 37.7 Å². The number of halogens is 1. The van der Waals surface area contributed by atoms with Crippen molar-refractivity contribution in [2.75, 3.05) is 11.6 Å². The number of aliphatic hydroxyl groups excluding tert-OH is 1. The highest BCUT2D eigenvalue weighted by Crippen LogP contribution is 2.23. The lowest BCUT2D eigenvalue weighted by atomic mass is 10.1. The van der Waals surface area contributed by atoms with E-state index < -0.39 is 12.1 Å². The van der Waals surface area contributed by atoms with Gasteiger partial charge in [0.2, 0.25) is 5.91 Å². The summed E-state index contributed by atoms with van der Waals surface area (Å²) in [6.45, 7) is 0. The third kappa shape index (κ3) is 7.72. The monoisotopic (exact) mass is 395 g/mol. The third-order valence-electron chi connectivity index (χ3n) is 4.45. The van der Waals surface area contributed by atoms with Gasteiger partial charge in [-0.2, -0.15) is 0 Å². The maximum atomic E-state index is 12.9. The number of aliphatic hydroxyl groups is 1. The van der Waals surface area contributed by atoms with Crippen LogP contribution in [0.3, 0.4) is 0 Å². The Morgan fingerprint density at radius 3 is 2.78 bits per heavy atom. The second kappa shape index (κ2) is 11.1. The van der Waals surface area contributed by atoms with Crippen molar-refractivity contribution in [3.8, 4) is 0 Å². The van der Waals surface area contributed by atoms with E-state index in [1.165, 1.54) is 12.1 Å². The van der Waals surface area contributed by atoms with Crippen LogP contribution in [0, 0.1) is 5.82 Å². The van der Waals surface area contributed by atoms with Gasteiger partial charge in [0.25, 0.3) is 0 Å². The van der Waals surface area contributed by atoms with Crippen LogP contribution in [0.15, 0.2) is 36.4 Å². The lowest BCUT2D eigenvalue weighted by Gasteiger charge is -2.22. The summed E-state index contributed by atoms with van der Waals surface area (Å²) >= 11 is 1.63. The van der Waals surface area contributed by atoms with Crippen LogP contribution in [-0.4, -0.2) is 50.8 Å². The summed E-state index contributed by atoms with van der Waals surface area (Å²) in [6.07, 6.45) is 6.18. The van der Waals surface area contributed by atoms with Gasteiger partial charge in [-0.15, -0.1) is 11.8 Å². The minimum Gasteiger partial charge on any atom is -0.481 e. The zero-order valence-corrected chi connectivity index (χ0v) is 16.0. The van der Waals surface area contributed by atoms with Crippen molar-refractivity contribution in [1.82, 2.24) is 4.90 Å². The van der Waals surface area contributed by atoms with Crippen LogP contribution in [-0.2, 0) is 16.0 Å². The minimum absolute atomic E-state index is 0.0214. The smallest absolute Gasteiger partial charge is 0.303 e.